The monoisotopic (exact) mass is 212 g/mol. The van der Waals surface area contributed by atoms with Gasteiger partial charge < -0.3 is 19.9 Å². The van der Waals surface area contributed by atoms with Crippen LogP contribution in [0.25, 0.3) is 0 Å². The average Bonchev–Trinajstić information content (AvgIpc) is 2.26. The number of hydrogen-bond acceptors (Lipinski definition) is 5. The molecule has 0 amide bonds. The highest BCUT2D eigenvalue weighted by Gasteiger charge is 1.90. The molecule has 0 aromatic rings. The van der Waals surface area contributed by atoms with Crippen molar-refractivity contribution in [1.29, 1.82) is 0 Å². The van der Waals surface area contributed by atoms with Crippen molar-refractivity contribution in [2.45, 2.75) is 0 Å². The molecule has 86 valence electrons. The predicted octanol–water partition coefficient (Wildman–Crippen LogP) is -0.531. The molecule has 0 unspecified atom stereocenters. The molecule has 6 heteroatoms. The summed E-state index contributed by atoms with van der Waals surface area (Å²) < 4.78 is 33.3. The zero-order chi connectivity index (χ0) is 11.2. The second-order valence-electron chi connectivity index (χ2n) is 2.47. The number of ether oxygens (including phenoxy) is 3. The van der Waals surface area contributed by atoms with Crippen LogP contribution < -0.4 is 11.3 Å². The molecule has 0 aromatic heterocycles. The largest absolute Gasteiger partial charge is 0.378 e. The van der Waals surface area contributed by atoms with E-state index in [-0.39, 0.29) is 6.54 Å². The highest BCUT2D eigenvalue weighted by atomic mass is 19.2. The zero-order valence-corrected chi connectivity index (χ0v) is 8.26. The third-order valence-corrected chi connectivity index (χ3v) is 1.33. The molecule has 0 rings (SSSR count). The minimum Gasteiger partial charge on any atom is -0.378 e. The molecular formula is C8H19FN2O3. The molecule has 0 saturated carbocycles. The zero-order valence-electron chi connectivity index (χ0n) is 9.26. The van der Waals surface area contributed by atoms with Gasteiger partial charge in [-0.25, -0.2) is 0 Å². The van der Waals surface area contributed by atoms with Crippen molar-refractivity contribution in [3.05, 3.63) is 0 Å². The summed E-state index contributed by atoms with van der Waals surface area (Å²) in [4.78, 5) is 0. The van der Waals surface area contributed by atoms with E-state index in [1.54, 1.807) is 0 Å². The van der Waals surface area contributed by atoms with Crippen molar-refractivity contribution in [3.8, 4) is 0 Å². The maximum Gasteiger partial charge on any atom is 0.118 e. The van der Waals surface area contributed by atoms with Crippen LogP contribution in [0, 0.1) is 0 Å². The number of halogens is 1. The fraction of sp³-hybridized carbons (Fsp3) is 1.00. The molecule has 0 atom stereocenters. The second-order valence-corrected chi connectivity index (χ2v) is 2.47. The highest BCUT2D eigenvalue weighted by molar-refractivity contribution is 4.35. The standard InChI is InChI=1S/C8H19FN2O3/c9-11-2-4-13-6-8-14-7-5-12-3-1-10/h11H,1-8,10H2/i/hT. The van der Waals surface area contributed by atoms with Gasteiger partial charge in [0.05, 0.1) is 39.6 Å². The summed E-state index contributed by atoms with van der Waals surface area (Å²) in [5.74, 6) is 0. The topological polar surface area (TPSA) is 65.7 Å². The predicted molar refractivity (Wildman–Crippen MR) is 50.6 cm³/mol. The van der Waals surface area contributed by atoms with E-state index in [4.69, 9.17) is 15.6 Å². The normalized spacial score (nSPS) is 11.6. The van der Waals surface area contributed by atoms with Crippen LogP contribution in [-0.2, 0) is 14.2 Å². The molecule has 0 heterocycles. The Balaban J connectivity index is 2.81. The molecule has 0 aromatic carbocycles. The maximum atomic E-state index is 11.4. The van der Waals surface area contributed by atoms with Crippen LogP contribution in [0.2, 0.25) is 1.41 Å². The minimum atomic E-state index is 0.198. The van der Waals surface area contributed by atoms with Gasteiger partial charge in [-0.2, -0.15) is 5.54 Å². The van der Waals surface area contributed by atoms with E-state index >= 15 is 0 Å². The van der Waals surface area contributed by atoms with Crippen molar-refractivity contribution in [1.82, 2.24) is 5.54 Å². The molecule has 0 bridgehead atoms. The van der Waals surface area contributed by atoms with Gasteiger partial charge in [-0.05, 0) is 0 Å². The Bertz CT molecular complexity index is 112. The Kier molecular flexibility index (Phi) is 10.7. The molecule has 5 nitrogen and oxygen atoms in total. The Morgan fingerprint density at radius 3 is 2.14 bits per heavy atom. The van der Waals surface area contributed by atoms with Gasteiger partial charge in [0.15, 0.2) is 0 Å². The van der Waals surface area contributed by atoms with Crippen LogP contribution in [0.1, 0.15) is 0 Å². The van der Waals surface area contributed by atoms with Gasteiger partial charge in [-0.1, -0.05) is 0 Å². The third kappa shape index (κ3) is 11.7. The first kappa shape index (κ1) is 11.8. The van der Waals surface area contributed by atoms with Crippen molar-refractivity contribution >= 4 is 0 Å². The van der Waals surface area contributed by atoms with Crippen molar-refractivity contribution in [2.24, 2.45) is 5.73 Å². The molecule has 0 radical (unpaired) electrons. The molecule has 0 aliphatic rings. The van der Waals surface area contributed by atoms with Gasteiger partial charge in [-0.3, -0.25) is 0 Å². The van der Waals surface area contributed by atoms with E-state index in [0.29, 0.717) is 46.2 Å². The minimum absolute atomic E-state index is 0.198. The first-order chi connectivity index (χ1) is 7.41. The van der Waals surface area contributed by atoms with E-state index in [1.807, 2.05) is 0 Å². The SMILES string of the molecule is [3H]NCCOCCOCCOCCNF. The molecule has 14 heavy (non-hydrogen) atoms. The summed E-state index contributed by atoms with van der Waals surface area (Å²) in [6.07, 6.45) is 0. The summed E-state index contributed by atoms with van der Waals surface area (Å²) in [5.41, 5.74) is 3.72. The van der Waals surface area contributed by atoms with Crippen LogP contribution in [0.3, 0.4) is 0 Å². The van der Waals surface area contributed by atoms with Crippen molar-refractivity contribution in [3.63, 3.8) is 0 Å². The van der Waals surface area contributed by atoms with Crippen molar-refractivity contribution in [2.75, 3.05) is 52.7 Å². The van der Waals surface area contributed by atoms with Gasteiger partial charge in [0.2, 0.25) is 0 Å². The Labute approximate surface area is 85.1 Å². The van der Waals surface area contributed by atoms with Gasteiger partial charge in [0.25, 0.3) is 0 Å². The highest BCUT2D eigenvalue weighted by Crippen LogP contribution is 1.80. The molecule has 0 spiro atoms. The number of nitrogens with two attached hydrogens (primary N) is 1. The van der Waals surface area contributed by atoms with Crippen LogP contribution >= 0.6 is 0 Å². The lowest BCUT2D eigenvalue weighted by molar-refractivity contribution is 0.0148. The number of hydrogen-bond donors (Lipinski definition) is 2. The lowest BCUT2D eigenvalue weighted by Crippen LogP contribution is -2.15. The lowest BCUT2D eigenvalue weighted by atomic mass is 10.7. The summed E-state index contributed by atoms with van der Waals surface area (Å²) in [6, 6.07) is 0. The first-order valence-electron chi connectivity index (χ1n) is 5.13. The Morgan fingerprint density at radius 1 is 1.00 bits per heavy atom. The summed E-state index contributed by atoms with van der Waals surface area (Å²) in [5, 5.41) is 0. The molecule has 3 N–H and O–H groups in total. The summed E-state index contributed by atoms with van der Waals surface area (Å²) in [7, 11) is 0. The lowest BCUT2D eigenvalue weighted by Gasteiger charge is -2.05. The molecular weight excluding hydrogens is 191 g/mol. The summed E-state index contributed by atoms with van der Waals surface area (Å²) >= 11 is 0. The van der Waals surface area contributed by atoms with E-state index in [1.165, 1.54) is 5.54 Å². The van der Waals surface area contributed by atoms with Gasteiger partial charge in [0.1, 0.15) is 1.41 Å². The van der Waals surface area contributed by atoms with Gasteiger partial charge in [0, 0.05) is 13.1 Å². The third-order valence-electron chi connectivity index (χ3n) is 1.33. The van der Waals surface area contributed by atoms with Crippen LogP contribution in [-0.4, -0.2) is 52.7 Å². The molecule has 0 aliphatic heterocycles. The number of nitrogens with one attached hydrogen (secondary N) is 1. The fourth-order valence-electron chi connectivity index (χ4n) is 0.725. The van der Waals surface area contributed by atoms with E-state index in [0.717, 1.165) is 0 Å². The number of rotatable bonds is 12. The smallest absolute Gasteiger partial charge is 0.118 e. The summed E-state index contributed by atoms with van der Waals surface area (Å²) in [6.45, 7) is 3.50. The second kappa shape index (κ2) is 12.7. The van der Waals surface area contributed by atoms with Gasteiger partial charge >= 0.3 is 0 Å². The van der Waals surface area contributed by atoms with E-state index < -0.39 is 0 Å². The molecule has 0 fully saturated rings. The maximum absolute atomic E-state index is 11.4. The molecule has 0 aliphatic carbocycles. The Morgan fingerprint density at radius 2 is 1.57 bits per heavy atom. The van der Waals surface area contributed by atoms with Crippen molar-refractivity contribution < 1.29 is 20.1 Å². The fourth-order valence-corrected chi connectivity index (χ4v) is 0.725. The van der Waals surface area contributed by atoms with Gasteiger partial charge in [-0.15, -0.1) is 4.48 Å². The first-order valence-corrected chi connectivity index (χ1v) is 4.63. The van der Waals surface area contributed by atoms with Crippen LogP contribution in [0.5, 0.6) is 0 Å². The average molecular weight is 212 g/mol. The van der Waals surface area contributed by atoms with E-state index in [2.05, 4.69) is 5.73 Å². The van der Waals surface area contributed by atoms with Crippen LogP contribution in [0.4, 0.5) is 4.48 Å². The van der Waals surface area contributed by atoms with E-state index in [9.17, 15) is 4.48 Å². The quantitative estimate of drug-likeness (QED) is 0.336. The molecule has 0 saturated heterocycles. The van der Waals surface area contributed by atoms with Crippen LogP contribution in [0.15, 0.2) is 0 Å². The Hall–Kier alpha value is -0.270.